The highest BCUT2D eigenvalue weighted by atomic mass is 16.6. The zero-order chi connectivity index (χ0) is 14.8. The van der Waals surface area contributed by atoms with Crippen LogP contribution in [0.5, 0.6) is 0 Å². The van der Waals surface area contributed by atoms with Gasteiger partial charge in [0.15, 0.2) is 0 Å². The molecule has 6 nitrogen and oxygen atoms in total. The van der Waals surface area contributed by atoms with Gasteiger partial charge in [-0.3, -0.25) is 4.79 Å². The molecule has 2 N–H and O–H groups in total. The first-order valence-electron chi connectivity index (χ1n) is 5.96. The highest BCUT2D eigenvalue weighted by molar-refractivity contribution is 5.87. The summed E-state index contributed by atoms with van der Waals surface area (Å²) >= 11 is 0. The van der Waals surface area contributed by atoms with E-state index in [1.54, 1.807) is 11.1 Å². The van der Waals surface area contributed by atoms with Crippen LogP contribution >= 0.6 is 0 Å². The minimum atomic E-state index is -0.834. The lowest BCUT2D eigenvalue weighted by molar-refractivity contribution is -0.148. The van der Waals surface area contributed by atoms with Crippen molar-refractivity contribution in [2.75, 3.05) is 19.8 Å². The Morgan fingerprint density at radius 3 is 2.37 bits per heavy atom. The fraction of sp³-hybridized carbons (Fsp3) is 0.538. The second-order valence-electron chi connectivity index (χ2n) is 4.05. The van der Waals surface area contributed by atoms with Crippen molar-refractivity contribution >= 4 is 11.9 Å². The maximum absolute atomic E-state index is 10.7. The van der Waals surface area contributed by atoms with Crippen LogP contribution < -0.4 is 0 Å². The number of rotatable bonds is 5. The molecule has 1 amide bonds. The summed E-state index contributed by atoms with van der Waals surface area (Å²) < 4.78 is 4.57. The molecule has 1 rings (SSSR count). The zero-order valence-electron chi connectivity index (χ0n) is 11.2. The molecular weight excluding hydrogens is 250 g/mol. The fourth-order valence-electron chi connectivity index (χ4n) is 1.25. The average molecular weight is 271 g/mol. The molecule has 0 saturated carbocycles. The van der Waals surface area contributed by atoms with Crippen LogP contribution in [0.2, 0.25) is 0 Å². The highest BCUT2D eigenvalue weighted by Crippen LogP contribution is 2.08. The summed E-state index contributed by atoms with van der Waals surface area (Å²) in [5.74, 6) is -0.391. The summed E-state index contributed by atoms with van der Waals surface area (Å²) in [4.78, 5) is 23.0. The molecule has 1 saturated heterocycles. The van der Waals surface area contributed by atoms with Crippen molar-refractivity contribution in [2.24, 2.45) is 0 Å². The van der Waals surface area contributed by atoms with Gasteiger partial charge in [0.2, 0.25) is 5.91 Å². The topological polar surface area (TPSA) is 87.1 Å². The van der Waals surface area contributed by atoms with Crippen molar-refractivity contribution in [3.05, 3.63) is 24.9 Å². The first kappa shape index (κ1) is 17.3. The predicted molar refractivity (Wildman–Crippen MR) is 70.0 cm³/mol. The molecule has 1 heterocycles. The van der Waals surface area contributed by atoms with Crippen LogP contribution in [0.25, 0.3) is 0 Å². The minimum absolute atomic E-state index is 0.208. The van der Waals surface area contributed by atoms with Crippen LogP contribution in [-0.2, 0) is 14.3 Å². The quantitative estimate of drug-likeness (QED) is 0.551. The summed E-state index contributed by atoms with van der Waals surface area (Å²) in [5, 5.41) is 17.0. The van der Waals surface area contributed by atoms with Gasteiger partial charge in [-0.05, 0) is 19.5 Å². The van der Waals surface area contributed by atoms with Crippen LogP contribution in [-0.4, -0.2) is 52.9 Å². The number of aliphatic hydroxyl groups excluding tert-OH is 2. The number of ether oxygens (including phenoxy) is 1. The van der Waals surface area contributed by atoms with E-state index in [2.05, 4.69) is 17.9 Å². The molecule has 0 aliphatic carbocycles. The Morgan fingerprint density at radius 2 is 2.11 bits per heavy atom. The number of nitrogens with zero attached hydrogens (tertiary/aromatic N) is 1. The number of carbonyl (C=O) groups excluding carboxylic acids is 2. The Bertz CT molecular complexity index is 336. The Morgan fingerprint density at radius 1 is 1.53 bits per heavy atom. The second-order valence-corrected chi connectivity index (χ2v) is 4.05. The maximum Gasteiger partial charge on any atom is 0.333 e. The molecule has 6 heteroatoms. The smallest absolute Gasteiger partial charge is 0.333 e. The molecule has 1 aliphatic rings. The van der Waals surface area contributed by atoms with Crippen LogP contribution in [0.15, 0.2) is 24.9 Å². The largest absolute Gasteiger partial charge is 0.454 e. The number of carbonyl (C=O) groups is 2. The molecule has 0 spiro atoms. The van der Waals surface area contributed by atoms with Gasteiger partial charge < -0.3 is 19.8 Å². The van der Waals surface area contributed by atoms with Crippen molar-refractivity contribution in [1.82, 2.24) is 4.90 Å². The normalized spacial score (nSPS) is 13.9. The monoisotopic (exact) mass is 271 g/mol. The molecule has 0 aromatic carbocycles. The summed E-state index contributed by atoms with van der Waals surface area (Å²) in [6.45, 7) is 8.44. The number of hydrogen-bond donors (Lipinski definition) is 2. The molecule has 0 radical (unpaired) electrons. The highest BCUT2D eigenvalue weighted by Gasteiger charge is 2.16. The van der Waals surface area contributed by atoms with Crippen LogP contribution in [0.4, 0.5) is 0 Å². The van der Waals surface area contributed by atoms with Crippen LogP contribution in [0, 0.1) is 0 Å². The van der Waals surface area contributed by atoms with E-state index in [9.17, 15) is 9.59 Å². The molecule has 1 aliphatic heterocycles. The van der Waals surface area contributed by atoms with Gasteiger partial charge in [-0.15, -0.1) is 0 Å². The molecule has 1 fully saturated rings. The van der Waals surface area contributed by atoms with Gasteiger partial charge in [0.25, 0.3) is 0 Å². The lowest BCUT2D eigenvalue weighted by Crippen LogP contribution is -2.25. The van der Waals surface area contributed by atoms with Gasteiger partial charge in [-0.25, -0.2) is 4.79 Å². The van der Waals surface area contributed by atoms with E-state index in [-0.39, 0.29) is 24.7 Å². The van der Waals surface area contributed by atoms with Crippen LogP contribution in [0.3, 0.4) is 0 Å². The molecule has 0 aromatic rings. The van der Waals surface area contributed by atoms with Crippen molar-refractivity contribution in [1.29, 1.82) is 0 Å². The lowest BCUT2D eigenvalue weighted by Gasteiger charge is -2.11. The van der Waals surface area contributed by atoms with E-state index in [1.807, 2.05) is 0 Å². The summed E-state index contributed by atoms with van der Waals surface area (Å²) in [7, 11) is 0. The SMILES string of the molecule is C=C(C)C(=O)OC(CO)CO.C=CN1CCCC1=O. The van der Waals surface area contributed by atoms with E-state index >= 15 is 0 Å². The van der Waals surface area contributed by atoms with Crippen molar-refractivity contribution < 1.29 is 24.5 Å². The maximum atomic E-state index is 10.7. The third kappa shape index (κ3) is 6.73. The van der Waals surface area contributed by atoms with E-state index in [1.165, 1.54) is 6.92 Å². The molecule has 0 unspecified atom stereocenters. The number of likely N-dealkylation sites (tertiary alicyclic amines) is 1. The first-order chi connectivity index (χ1) is 8.96. The molecule has 0 atom stereocenters. The first-order valence-corrected chi connectivity index (χ1v) is 5.96. The van der Waals surface area contributed by atoms with Crippen molar-refractivity contribution in [3.63, 3.8) is 0 Å². The number of esters is 1. The molecule has 108 valence electrons. The number of hydrogen-bond acceptors (Lipinski definition) is 5. The van der Waals surface area contributed by atoms with Crippen molar-refractivity contribution in [3.8, 4) is 0 Å². The Labute approximate surface area is 113 Å². The fourth-order valence-corrected chi connectivity index (χ4v) is 1.25. The summed E-state index contributed by atoms with van der Waals surface area (Å²) in [6.07, 6.45) is 2.45. The lowest BCUT2D eigenvalue weighted by atomic mass is 10.3. The van der Waals surface area contributed by atoms with Gasteiger partial charge in [0, 0.05) is 18.5 Å². The second kappa shape index (κ2) is 9.29. The average Bonchev–Trinajstić information content (AvgIpc) is 2.81. The Hall–Kier alpha value is -1.66. The molecule has 19 heavy (non-hydrogen) atoms. The van der Waals surface area contributed by atoms with E-state index in [4.69, 9.17) is 10.2 Å². The van der Waals surface area contributed by atoms with Gasteiger partial charge in [-0.1, -0.05) is 13.2 Å². The van der Waals surface area contributed by atoms with Gasteiger partial charge >= 0.3 is 5.97 Å². The zero-order valence-corrected chi connectivity index (χ0v) is 11.2. The third-order valence-corrected chi connectivity index (χ3v) is 2.36. The number of aliphatic hydroxyl groups is 2. The van der Waals surface area contributed by atoms with E-state index < -0.39 is 12.1 Å². The summed E-state index contributed by atoms with van der Waals surface area (Å²) in [6, 6.07) is 0. The third-order valence-electron chi connectivity index (χ3n) is 2.36. The molecule has 0 bridgehead atoms. The van der Waals surface area contributed by atoms with E-state index in [0.717, 1.165) is 13.0 Å². The van der Waals surface area contributed by atoms with Gasteiger partial charge in [-0.2, -0.15) is 0 Å². The van der Waals surface area contributed by atoms with Crippen molar-refractivity contribution in [2.45, 2.75) is 25.9 Å². The predicted octanol–water partition coefficient (Wildman–Crippen LogP) is 0.211. The number of amides is 1. The van der Waals surface area contributed by atoms with Crippen LogP contribution in [0.1, 0.15) is 19.8 Å². The van der Waals surface area contributed by atoms with E-state index in [0.29, 0.717) is 6.42 Å². The Kier molecular flexibility index (Phi) is 8.48. The standard InChI is InChI=1S/C7H12O4.C6H9NO/c1-5(2)7(10)11-6(3-8)4-9;1-2-7-5-3-4-6(7)8/h6,8-9H,1,3-4H2,2H3;2H,1,3-5H2. The van der Waals surface area contributed by atoms with Gasteiger partial charge in [0.05, 0.1) is 13.2 Å². The molecule has 0 aromatic heterocycles. The molecular formula is C13H21NO5. The summed E-state index contributed by atoms with van der Waals surface area (Å²) in [5.41, 5.74) is 0.247. The Balaban J connectivity index is 0.000000356. The minimum Gasteiger partial charge on any atom is -0.454 e. The van der Waals surface area contributed by atoms with Gasteiger partial charge in [0.1, 0.15) is 6.10 Å².